The Morgan fingerprint density at radius 1 is 1.19 bits per heavy atom. The van der Waals surface area contributed by atoms with Gasteiger partial charge in [0.25, 0.3) is 0 Å². The first-order valence-corrected chi connectivity index (χ1v) is 12.2. The van der Waals surface area contributed by atoms with Gasteiger partial charge in [0.15, 0.2) is 6.61 Å². The lowest BCUT2D eigenvalue weighted by molar-refractivity contribution is -0.153. The number of carbonyl (C=O) groups excluding carboxylic acids is 1. The standard InChI is InChI=1S/C27H35NO4/c1-26-13-6-9-22(26)21-11-10-18-15-20(12-14-27(18,2)25(21)23(16-26)28-30)32-24(29)17-31-19-7-4-3-5-8-19/h3-5,7-8,10,20-22,25,30H,6,9,11-17H2,1-2H3/t20?,21-,22-,25-,26-,27-/m0/s1. The zero-order valence-electron chi connectivity index (χ0n) is 19.3. The maximum atomic E-state index is 12.4. The van der Waals surface area contributed by atoms with Crippen LogP contribution in [0.2, 0.25) is 0 Å². The van der Waals surface area contributed by atoms with E-state index in [1.165, 1.54) is 24.8 Å². The summed E-state index contributed by atoms with van der Waals surface area (Å²) in [7, 11) is 0. The second-order valence-electron chi connectivity index (χ2n) is 10.9. The summed E-state index contributed by atoms with van der Waals surface area (Å²) in [6.07, 6.45) is 10.7. The third kappa shape index (κ3) is 3.64. The number of para-hydroxylation sites is 1. The van der Waals surface area contributed by atoms with Crippen LogP contribution in [0.1, 0.15) is 65.2 Å². The fourth-order valence-electron chi connectivity index (χ4n) is 7.58. The number of benzene rings is 1. The lowest BCUT2D eigenvalue weighted by atomic mass is 9.47. The fraction of sp³-hybridized carbons (Fsp3) is 0.630. The first-order chi connectivity index (χ1) is 15.4. The van der Waals surface area contributed by atoms with Crippen LogP contribution in [0.5, 0.6) is 5.75 Å². The Bertz CT molecular complexity index is 925. The third-order valence-electron chi connectivity index (χ3n) is 9.06. The molecule has 4 aliphatic carbocycles. The molecule has 0 spiro atoms. The summed E-state index contributed by atoms with van der Waals surface area (Å²) in [5.41, 5.74) is 2.68. The molecular formula is C27H35NO4. The number of carbonyl (C=O) groups is 1. The minimum atomic E-state index is -0.311. The Labute approximate surface area is 190 Å². The van der Waals surface area contributed by atoms with Gasteiger partial charge in [-0.05, 0) is 73.3 Å². The van der Waals surface area contributed by atoms with Crippen molar-refractivity contribution in [2.24, 2.45) is 33.7 Å². The number of hydrogen-bond acceptors (Lipinski definition) is 5. The fourth-order valence-corrected chi connectivity index (χ4v) is 7.58. The predicted molar refractivity (Wildman–Crippen MR) is 123 cm³/mol. The Kier molecular flexibility index (Phi) is 5.55. The van der Waals surface area contributed by atoms with Gasteiger partial charge >= 0.3 is 5.97 Å². The number of allylic oxidation sites excluding steroid dienone is 1. The van der Waals surface area contributed by atoms with Gasteiger partial charge in [0.1, 0.15) is 11.9 Å². The van der Waals surface area contributed by atoms with Crippen LogP contribution in [-0.2, 0) is 9.53 Å². The Morgan fingerprint density at radius 2 is 2.00 bits per heavy atom. The highest BCUT2D eigenvalue weighted by molar-refractivity contribution is 5.89. The first kappa shape index (κ1) is 21.5. The quantitative estimate of drug-likeness (QED) is 0.281. The number of ether oxygens (including phenoxy) is 2. The second-order valence-corrected chi connectivity index (χ2v) is 10.9. The van der Waals surface area contributed by atoms with E-state index in [0.29, 0.717) is 17.6 Å². The van der Waals surface area contributed by atoms with Crippen LogP contribution in [0.15, 0.2) is 47.1 Å². The van der Waals surface area contributed by atoms with Crippen molar-refractivity contribution in [2.45, 2.75) is 71.3 Å². The number of rotatable bonds is 4. The molecule has 0 aromatic heterocycles. The van der Waals surface area contributed by atoms with Crippen LogP contribution in [-0.4, -0.2) is 29.6 Å². The summed E-state index contributed by atoms with van der Waals surface area (Å²) in [5.74, 6) is 1.96. The molecule has 5 rings (SSSR count). The van der Waals surface area contributed by atoms with E-state index in [1.54, 1.807) is 0 Å². The van der Waals surface area contributed by atoms with Crippen molar-refractivity contribution in [3.8, 4) is 5.75 Å². The third-order valence-corrected chi connectivity index (χ3v) is 9.06. The van der Waals surface area contributed by atoms with Crippen LogP contribution in [0.3, 0.4) is 0 Å². The second kappa shape index (κ2) is 8.24. The Hall–Kier alpha value is -2.30. The van der Waals surface area contributed by atoms with E-state index in [2.05, 4.69) is 25.1 Å². The molecule has 172 valence electrons. The number of oxime groups is 1. The number of fused-ring (bicyclic) bond motifs is 5. The van der Waals surface area contributed by atoms with Gasteiger partial charge < -0.3 is 14.7 Å². The highest BCUT2D eigenvalue weighted by Gasteiger charge is 2.58. The molecule has 0 bridgehead atoms. The van der Waals surface area contributed by atoms with E-state index in [9.17, 15) is 10.0 Å². The molecule has 0 radical (unpaired) electrons. The van der Waals surface area contributed by atoms with Crippen LogP contribution in [0.4, 0.5) is 0 Å². The molecule has 5 nitrogen and oxygen atoms in total. The van der Waals surface area contributed by atoms with E-state index in [1.807, 2.05) is 30.3 Å². The van der Waals surface area contributed by atoms with Gasteiger partial charge in [-0.25, -0.2) is 4.79 Å². The van der Waals surface area contributed by atoms with Gasteiger partial charge in [-0.2, -0.15) is 0 Å². The van der Waals surface area contributed by atoms with Gasteiger partial charge in [-0.15, -0.1) is 0 Å². The average molecular weight is 438 g/mol. The van der Waals surface area contributed by atoms with Crippen molar-refractivity contribution < 1.29 is 19.5 Å². The van der Waals surface area contributed by atoms with Gasteiger partial charge in [0.05, 0.1) is 5.71 Å². The van der Waals surface area contributed by atoms with Crippen molar-refractivity contribution in [3.63, 3.8) is 0 Å². The smallest absolute Gasteiger partial charge is 0.344 e. The zero-order chi connectivity index (χ0) is 22.3. The van der Waals surface area contributed by atoms with E-state index in [-0.39, 0.29) is 29.5 Å². The topological polar surface area (TPSA) is 68.1 Å². The van der Waals surface area contributed by atoms with Gasteiger partial charge in [-0.1, -0.05) is 55.3 Å². The Balaban J connectivity index is 1.27. The van der Waals surface area contributed by atoms with E-state index >= 15 is 0 Å². The molecule has 1 unspecified atom stereocenters. The average Bonchev–Trinajstić information content (AvgIpc) is 3.19. The van der Waals surface area contributed by atoms with E-state index < -0.39 is 0 Å². The van der Waals surface area contributed by atoms with Gasteiger partial charge in [0.2, 0.25) is 0 Å². The molecule has 4 aliphatic rings. The number of hydrogen-bond donors (Lipinski definition) is 1. The molecule has 1 N–H and O–H groups in total. The molecule has 0 heterocycles. The minimum Gasteiger partial charge on any atom is -0.482 e. The summed E-state index contributed by atoms with van der Waals surface area (Å²) in [4.78, 5) is 12.4. The maximum Gasteiger partial charge on any atom is 0.344 e. The molecule has 32 heavy (non-hydrogen) atoms. The molecule has 5 heteroatoms. The van der Waals surface area contributed by atoms with Gasteiger partial charge in [-0.3, -0.25) is 0 Å². The van der Waals surface area contributed by atoms with Crippen molar-refractivity contribution in [1.29, 1.82) is 0 Å². The highest BCUT2D eigenvalue weighted by atomic mass is 16.6. The molecule has 0 aliphatic heterocycles. The van der Waals surface area contributed by atoms with Crippen LogP contribution in [0.25, 0.3) is 0 Å². The first-order valence-electron chi connectivity index (χ1n) is 12.2. The van der Waals surface area contributed by atoms with Crippen LogP contribution < -0.4 is 4.74 Å². The Morgan fingerprint density at radius 3 is 2.78 bits per heavy atom. The van der Waals surface area contributed by atoms with Crippen molar-refractivity contribution in [3.05, 3.63) is 42.0 Å². The molecule has 3 saturated carbocycles. The molecule has 1 aromatic rings. The van der Waals surface area contributed by atoms with Crippen LogP contribution >= 0.6 is 0 Å². The predicted octanol–water partition coefficient (Wildman–Crippen LogP) is 5.77. The lowest BCUT2D eigenvalue weighted by Gasteiger charge is -2.57. The molecule has 0 saturated heterocycles. The molecule has 6 atom stereocenters. The zero-order valence-corrected chi connectivity index (χ0v) is 19.3. The summed E-state index contributed by atoms with van der Waals surface area (Å²) in [6, 6.07) is 9.35. The number of esters is 1. The maximum absolute atomic E-state index is 12.4. The summed E-state index contributed by atoms with van der Waals surface area (Å²) in [6.45, 7) is 4.69. The molecule has 0 amide bonds. The summed E-state index contributed by atoms with van der Waals surface area (Å²) < 4.78 is 11.3. The largest absolute Gasteiger partial charge is 0.482 e. The minimum absolute atomic E-state index is 0.00214. The van der Waals surface area contributed by atoms with E-state index in [4.69, 9.17) is 9.47 Å². The normalized spacial score (nSPS) is 39.4. The SMILES string of the molecule is C[C@@]12CCC[C@H]1[C@@H]1CC=C3CC(OC(=O)COc4ccccc4)CC[C@]3(C)[C@@H]1C(=NO)C2. The lowest BCUT2D eigenvalue weighted by Crippen LogP contribution is -2.54. The number of nitrogens with zero attached hydrogens (tertiary/aromatic N) is 1. The molecular weight excluding hydrogens is 402 g/mol. The van der Waals surface area contributed by atoms with Gasteiger partial charge in [0, 0.05) is 12.3 Å². The van der Waals surface area contributed by atoms with Crippen molar-refractivity contribution in [1.82, 2.24) is 0 Å². The van der Waals surface area contributed by atoms with Crippen molar-refractivity contribution in [2.75, 3.05) is 6.61 Å². The molecule has 1 aromatic carbocycles. The van der Waals surface area contributed by atoms with Crippen molar-refractivity contribution >= 4 is 11.7 Å². The summed E-state index contributed by atoms with van der Waals surface area (Å²) >= 11 is 0. The summed E-state index contributed by atoms with van der Waals surface area (Å²) in [5, 5.41) is 13.9. The highest BCUT2D eigenvalue weighted by Crippen LogP contribution is 2.64. The van der Waals surface area contributed by atoms with E-state index in [0.717, 1.165) is 43.7 Å². The van der Waals surface area contributed by atoms with Crippen LogP contribution in [0, 0.1) is 28.6 Å². The molecule has 3 fully saturated rings. The monoisotopic (exact) mass is 437 g/mol.